The number of rotatable bonds is 7. The zero-order valence-corrected chi connectivity index (χ0v) is 17.1. The number of nitrogens with one attached hydrogen (secondary N) is 1. The second kappa shape index (κ2) is 8.59. The number of anilines is 1. The van der Waals surface area contributed by atoms with Crippen molar-refractivity contribution in [1.82, 2.24) is 9.62 Å². The van der Waals surface area contributed by atoms with E-state index in [-0.39, 0.29) is 24.2 Å². The zero-order chi connectivity index (χ0) is 20.3. The minimum Gasteiger partial charge on any atom is -0.494 e. The normalized spacial score (nSPS) is 24.0. The van der Waals surface area contributed by atoms with Crippen LogP contribution in [0.5, 0.6) is 5.75 Å². The van der Waals surface area contributed by atoms with Gasteiger partial charge in [0.1, 0.15) is 5.75 Å². The molecule has 3 rings (SSSR count). The number of amides is 2. The molecule has 0 aromatic heterocycles. The van der Waals surface area contributed by atoms with E-state index in [1.54, 1.807) is 24.3 Å². The van der Waals surface area contributed by atoms with E-state index in [0.717, 1.165) is 25.6 Å². The summed E-state index contributed by atoms with van der Waals surface area (Å²) in [7, 11) is -3.24. The first-order chi connectivity index (χ1) is 13.3. The second-order valence-corrected chi connectivity index (χ2v) is 9.17. The van der Waals surface area contributed by atoms with E-state index in [9.17, 15) is 18.0 Å². The van der Waals surface area contributed by atoms with Gasteiger partial charge in [0.15, 0.2) is 0 Å². The largest absolute Gasteiger partial charge is 0.494 e. The van der Waals surface area contributed by atoms with Crippen LogP contribution < -0.4 is 14.4 Å². The first kappa shape index (κ1) is 20.8. The molecule has 8 nitrogen and oxygen atoms in total. The lowest BCUT2D eigenvalue weighted by Crippen LogP contribution is -2.48. The van der Waals surface area contributed by atoms with Crippen molar-refractivity contribution in [2.45, 2.75) is 32.2 Å². The Hall–Kier alpha value is -1.97. The molecule has 154 valence electrons. The fourth-order valence-electron chi connectivity index (χ4n) is 3.85. The molecule has 2 aliphatic heterocycles. The predicted molar refractivity (Wildman–Crippen MR) is 106 cm³/mol. The van der Waals surface area contributed by atoms with Crippen LogP contribution in [0.15, 0.2) is 24.3 Å². The van der Waals surface area contributed by atoms with Crippen LogP contribution in [0.3, 0.4) is 0 Å². The van der Waals surface area contributed by atoms with Gasteiger partial charge >= 0.3 is 0 Å². The van der Waals surface area contributed by atoms with Crippen LogP contribution in [0.25, 0.3) is 0 Å². The van der Waals surface area contributed by atoms with Gasteiger partial charge in [-0.1, -0.05) is 0 Å². The van der Waals surface area contributed by atoms with E-state index in [0.29, 0.717) is 31.1 Å². The number of hydrogen-bond acceptors (Lipinski definition) is 6. The van der Waals surface area contributed by atoms with Crippen LogP contribution in [-0.4, -0.2) is 63.7 Å². The highest BCUT2D eigenvalue weighted by Crippen LogP contribution is 2.29. The Morgan fingerprint density at radius 2 is 1.93 bits per heavy atom. The minimum atomic E-state index is -3.24. The molecule has 2 saturated heterocycles. The molecule has 2 amide bonds. The van der Waals surface area contributed by atoms with Crippen molar-refractivity contribution >= 4 is 27.5 Å². The highest BCUT2D eigenvalue weighted by molar-refractivity contribution is 7.88. The van der Waals surface area contributed by atoms with Crippen molar-refractivity contribution in [2.24, 2.45) is 5.92 Å². The Balaban J connectivity index is 1.67. The average molecular weight is 410 g/mol. The SMILES string of the molecule is CCOc1ccc(N2C(=O)CC(N3CCCC(CNS(C)(=O)=O)C3)C2=O)cc1. The molecule has 2 unspecified atom stereocenters. The summed E-state index contributed by atoms with van der Waals surface area (Å²) in [5.74, 6) is 0.395. The van der Waals surface area contributed by atoms with E-state index < -0.39 is 16.1 Å². The standard InChI is InChI=1S/C19H27N3O5S/c1-3-27-16-8-6-15(7-9-16)22-18(23)11-17(19(22)24)21-10-4-5-14(13-21)12-20-28(2,25)26/h6-9,14,17,20H,3-5,10-13H2,1-2H3. The van der Waals surface area contributed by atoms with Crippen molar-refractivity contribution in [2.75, 3.05) is 37.4 Å². The number of hydrogen-bond donors (Lipinski definition) is 1. The number of imide groups is 1. The lowest BCUT2D eigenvalue weighted by Gasteiger charge is -2.35. The first-order valence-corrected chi connectivity index (χ1v) is 11.5. The van der Waals surface area contributed by atoms with Gasteiger partial charge in [-0.15, -0.1) is 0 Å². The molecule has 1 N–H and O–H groups in total. The van der Waals surface area contributed by atoms with E-state index in [1.165, 1.54) is 4.90 Å². The van der Waals surface area contributed by atoms with Crippen LogP contribution in [0.4, 0.5) is 5.69 Å². The van der Waals surface area contributed by atoms with E-state index in [4.69, 9.17) is 4.74 Å². The molecule has 1 aromatic rings. The highest BCUT2D eigenvalue weighted by atomic mass is 32.2. The lowest BCUT2D eigenvalue weighted by atomic mass is 9.96. The Bertz CT molecular complexity index is 824. The van der Waals surface area contributed by atoms with Gasteiger partial charge in [-0.05, 0) is 56.5 Å². The predicted octanol–water partition coefficient (Wildman–Crippen LogP) is 0.978. The molecule has 0 radical (unpaired) electrons. The van der Waals surface area contributed by atoms with Crippen molar-refractivity contribution in [3.05, 3.63) is 24.3 Å². The van der Waals surface area contributed by atoms with Crippen molar-refractivity contribution < 1.29 is 22.7 Å². The van der Waals surface area contributed by atoms with Crippen LogP contribution in [0, 0.1) is 5.92 Å². The Morgan fingerprint density at radius 1 is 1.21 bits per heavy atom. The summed E-state index contributed by atoms with van der Waals surface area (Å²) >= 11 is 0. The Kier molecular flexibility index (Phi) is 6.36. The zero-order valence-electron chi connectivity index (χ0n) is 16.3. The molecule has 0 saturated carbocycles. The summed E-state index contributed by atoms with van der Waals surface area (Å²) in [6, 6.07) is 6.46. The van der Waals surface area contributed by atoms with Gasteiger partial charge < -0.3 is 4.74 Å². The third-order valence-corrected chi connectivity index (χ3v) is 5.85. The summed E-state index contributed by atoms with van der Waals surface area (Å²) in [4.78, 5) is 28.8. The Morgan fingerprint density at radius 3 is 2.57 bits per heavy atom. The molecule has 9 heteroatoms. The number of likely N-dealkylation sites (tertiary alicyclic amines) is 1. The molecular weight excluding hydrogens is 382 g/mol. The van der Waals surface area contributed by atoms with Gasteiger partial charge in [0, 0.05) is 13.1 Å². The number of sulfonamides is 1. The molecule has 0 spiro atoms. The number of nitrogens with zero attached hydrogens (tertiary/aromatic N) is 2. The van der Waals surface area contributed by atoms with Crippen LogP contribution in [0.2, 0.25) is 0 Å². The number of ether oxygens (including phenoxy) is 1. The van der Waals surface area contributed by atoms with Crippen molar-refractivity contribution in [3.63, 3.8) is 0 Å². The molecule has 0 bridgehead atoms. The molecular formula is C19H27N3O5S. The van der Waals surface area contributed by atoms with E-state index in [1.807, 2.05) is 11.8 Å². The van der Waals surface area contributed by atoms with Gasteiger partial charge in [0.25, 0.3) is 5.91 Å². The van der Waals surface area contributed by atoms with Crippen LogP contribution in [-0.2, 0) is 19.6 Å². The maximum absolute atomic E-state index is 13.0. The summed E-state index contributed by atoms with van der Waals surface area (Å²) < 4.78 is 30.6. The molecule has 28 heavy (non-hydrogen) atoms. The number of benzene rings is 1. The van der Waals surface area contributed by atoms with Gasteiger partial charge in [-0.25, -0.2) is 18.0 Å². The van der Waals surface area contributed by atoms with Crippen molar-refractivity contribution in [3.8, 4) is 5.75 Å². The summed E-state index contributed by atoms with van der Waals surface area (Å²) in [5, 5.41) is 0. The molecule has 2 atom stereocenters. The van der Waals surface area contributed by atoms with E-state index in [2.05, 4.69) is 4.72 Å². The van der Waals surface area contributed by atoms with Gasteiger partial charge in [-0.3, -0.25) is 14.5 Å². The fourth-order valence-corrected chi connectivity index (χ4v) is 4.39. The minimum absolute atomic E-state index is 0.130. The van der Waals surface area contributed by atoms with Crippen LogP contribution in [0.1, 0.15) is 26.2 Å². The molecule has 1 aromatic carbocycles. The van der Waals surface area contributed by atoms with Crippen LogP contribution >= 0.6 is 0 Å². The second-order valence-electron chi connectivity index (χ2n) is 7.34. The van der Waals surface area contributed by atoms with Crippen molar-refractivity contribution in [1.29, 1.82) is 0 Å². The lowest BCUT2D eigenvalue weighted by molar-refractivity contribution is -0.123. The number of carbonyl (C=O) groups excluding carboxylic acids is 2. The summed E-state index contributed by atoms with van der Waals surface area (Å²) in [6.45, 7) is 4.13. The smallest absolute Gasteiger partial charge is 0.251 e. The Labute approximate surface area is 165 Å². The van der Waals surface area contributed by atoms with Gasteiger partial charge in [0.2, 0.25) is 15.9 Å². The first-order valence-electron chi connectivity index (χ1n) is 9.57. The van der Waals surface area contributed by atoms with Gasteiger partial charge in [0.05, 0.1) is 31.0 Å². The average Bonchev–Trinajstić information content (AvgIpc) is 2.95. The maximum atomic E-state index is 13.0. The third-order valence-electron chi connectivity index (χ3n) is 5.15. The molecule has 2 fully saturated rings. The topological polar surface area (TPSA) is 96.0 Å². The number of carbonyl (C=O) groups is 2. The summed E-state index contributed by atoms with van der Waals surface area (Å²) in [5.41, 5.74) is 0.549. The monoisotopic (exact) mass is 409 g/mol. The summed E-state index contributed by atoms with van der Waals surface area (Å²) in [6.07, 6.45) is 3.06. The fraction of sp³-hybridized carbons (Fsp3) is 0.579. The molecule has 2 heterocycles. The quantitative estimate of drug-likeness (QED) is 0.675. The number of piperidine rings is 1. The molecule has 2 aliphatic rings. The van der Waals surface area contributed by atoms with E-state index >= 15 is 0 Å². The maximum Gasteiger partial charge on any atom is 0.251 e. The molecule has 0 aliphatic carbocycles. The van der Waals surface area contributed by atoms with Gasteiger partial charge in [-0.2, -0.15) is 0 Å². The highest BCUT2D eigenvalue weighted by Gasteiger charge is 2.43. The third kappa shape index (κ3) is 4.89.